The molecule has 1 fully saturated rings. The summed E-state index contributed by atoms with van der Waals surface area (Å²) in [6.07, 6.45) is 2.08. The van der Waals surface area contributed by atoms with E-state index in [1.165, 1.54) is 0 Å². The Bertz CT molecular complexity index is 821. The van der Waals surface area contributed by atoms with E-state index in [1.807, 2.05) is 19.9 Å². The first kappa shape index (κ1) is 16.7. The predicted molar refractivity (Wildman–Crippen MR) is 92.2 cm³/mol. The van der Waals surface area contributed by atoms with Crippen LogP contribution in [0.1, 0.15) is 30.6 Å². The fraction of sp³-hybridized carbons (Fsp3) is 0.389. The van der Waals surface area contributed by atoms with Gasteiger partial charge in [-0.3, -0.25) is 14.6 Å². The molecule has 126 valence electrons. The number of nitrogens with zero attached hydrogens (tertiary/aromatic N) is 2. The van der Waals surface area contributed by atoms with Gasteiger partial charge in [0.05, 0.1) is 21.5 Å². The molecule has 1 unspecified atom stereocenters. The highest BCUT2D eigenvalue weighted by Gasteiger charge is 2.48. The fourth-order valence-corrected chi connectivity index (χ4v) is 3.60. The van der Waals surface area contributed by atoms with Gasteiger partial charge in [0.2, 0.25) is 0 Å². The van der Waals surface area contributed by atoms with Crippen LogP contribution in [-0.4, -0.2) is 40.0 Å². The molecule has 1 N–H and O–H groups in total. The molecule has 0 aliphatic carbocycles. The number of pyridine rings is 1. The van der Waals surface area contributed by atoms with E-state index < -0.39 is 11.4 Å². The van der Waals surface area contributed by atoms with Crippen molar-refractivity contribution in [1.82, 2.24) is 9.88 Å². The molecular formula is C18H19ClN2O3. The molecule has 1 aliphatic heterocycles. The first-order chi connectivity index (χ1) is 11.4. The standard InChI is InChI=1S/C18H19ClN2O3/c1-11(2)18(17(23)24)7-9-21(10-18)16(22)13-5-6-14(19)12-4-3-8-20-15(12)13/h3-6,8,11H,7,9-10H2,1-2H3,(H,23,24). The molecule has 1 aromatic carbocycles. The largest absolute Gasteiger partial charge is 0.481 e. The molecular weight excluding hydrogens is 328 g/mol. The van der Waals surface area contributed by atoms with Crippen LogP contribution in [0.4, 0.5) is 0 Å². The van der Waals surface area contributed by atoms with Crippen molar-refractivity contribution in [3.63, 3.8) is 0 Å². The Labute approximate surface area is 145 Å². The van der Waals surface area contributed by atoms with E-state index in [2.05, 4.69) is 4.98 Å². The van der Waals surface area contributed by atoms with Crippen molar-refractivity contribution in [2.45, 2.75) is 20.3 Å². The van der Waals surface area contributed by atoms with Crippen LogP contribution in [0.3, 0.4) is 0 Å². The Morgan fingerprint density at radius 2 is 2.08 bits per heavy atom. The summed E-state index contributed by atoms with van der Waals surface area (Å²) >= 11 is 6.18. The second-order valence-electron chi connectivity index (χ2n) is 6.59. The summed E-state index contributed by atoms with van der Waals surface area (Å²) in [6, 6.07) is 6.94. The summed E-state index contributed by atoms with van der Waals surface area (Å²) in [5.41, 5.74) is 0.123. The number of carbonyl (C=O) groups is 2. The number of carboxylic acid groups (broad SMARTS) is 1. The van der Waals surface area contributed by atoms with Crippen molar-refractivity contribution in [1.29, 1.82) is 0 Å². The molecule has 5 nitrogen and oxygen atoms in total. The molecule has 6 heteroatoms. The average molecular weight is 347 g/mol. The summed E-state index contributed by atoms with van der Waals surface area (Å²) in [4.78, 5) is 30.6. The number of aromatic nitrogens is 1. The molecule has 1 atom stereocenters. The molecule has 0 saturated carbocycles. The number of fused-ring (bicyclic) bond motifs is 1. The minimum absolute atomic E-state index is 0.0483. The normalized spacial score (nSPS) is 20.8. The van der Waals surface area contributed by atoms with E-state index in [4.69, 9.17) is 11.6 Å². The number of amides is 1. The van der Waals surface area contributed by atoms with Gasteiger partial charge in [-0.25, -0.2) is 0 Å². The van der Waals surface area contributed by atoms with Gasteiger partial charge >= 0.3 is 5.97 Å². The molecule has 3 rings (SSSR count). The van der Waals surface area contributed by atoms with Crippen LogP contribution in [0.2, 0.25) is 5.02 Å². The van der Waals surface area contributed by atoms with Crippen LogP contribution in [-0.2, 0) is 4.79 Å². The SMILES string of the molecule is CC(C)C1(C(=O)O)CCN(C(=O)c2ccc(Cl)c3cccnc23)C1. The Kier molecular flexibility index (Phi) is 4.22. The zero-order chi connectivity index (χ0) is 17.5. The lowest BCUT2D eigenvalue weighted by Gasteiger charge is -2.28. The van der Waals surface area contributed by atoms with Gasteiger partial charge in [0.1, 0.15) is 0 Å². The molecule has 1 saturated heterocycles. The minimum atomic E-state index is -0.884. The highest BCUT2D eigenvalue weighted by atomic mass is 35.5. The minimum Gasteiger partial charge on any atom is -0.481 e. The molecule has 2 heterocycles. The third kappa shape index (κ3) is 2.53. The van der Waals surface area contributed by atoms with Gasteiger partial charge in [-0.15, -0.1) is 0 Å². The van der Waals surface area contributed by atoms with Gasteiger partial charge in [-0.2, -0.15) is 0 Å². The highest BCUT2D eigenvalue weighted by molar-refractivity contribution is 6.36. The van der Waals surface area contributed by atoms with E-state index in [0.29, 0.717) is 29.1 Å². The maximum atomic E-state index is 13.0. The number of aliphatic carboxylic acids is 1. The topological polar surface area (TPSA) is 70.5 Å². The monoisotopic (exact) mass is 346 g/mol. The van der Waals surface area contributed by atoms with Crippen molar-refractivity contribution in [3.8, 4) is 0 Å². The van der Waals surface area contributed by atoms with Crippen molar-refractivity contribution in [3.05, 3.63) is 41.0 Å². The van der Waals surface area contributed by atoms with E-state index in [1.54, 1.807) is 29.3 Å². The molecule has 1 amide bonds. The van der Waals surface area contributed by atoms with Crippen molar-refractivity contribution in [2.75, 3.05) is 13.1 Å². The lowest BCUT2D eigenvalue weighted by Crippen LogP contribution is -2.40. The number of rotatable bonds is 3. The number of hydrogen-bond acceptors (Lipinski definition) is 3. The van der Waals surface area contributed by atoms with E-state index in [-0.39, 0.29) is 18.4 Å². The van der Waals surface area contributed by atoms with Gasteiger partial charge in [-0.05, 0) is 36.6 Å². The van der Waals surface area contributed by atoms with E-state index >= 15 is 0 Å². The number of likely N-dealkylation sites (tertiary alicyclic amines) is 1. The van der Waals surface area contributed by atoms with Crippen molar-refractivity contribution in [2.24, 2.45) is 11.3 Å². The Morgan fingerprint density at radius 3 is 2.71 bits per heavy atom. The summed E-state index contributed by atoms with van der Waals surface area (Å²) in [7, 11) is 0. The lowest BCUT2D eigenvalue weighted by atomic mass is 9.76. The third-order valence-corrected chi connectivity index (χ3v) is 5.40. The molecule has 2 aromatic rings. The number of halogens is 1. The maximum absolute atomic E-state index is 13.0. The Balaban J connectivity index is 1.97. The van der Waals surface area contributed by atoms with Crippen LogP contribution in [0.15, 0.2) is 30.5 Å². The van der Waals surface area contributed by atoms with Crippen LogP contribution < -0.4 is 0 Å². The summed E-state index contributed by atoms with van der Waals surface area (Å²) in [5.74, 6) is -1.08. The molecule has 0 bridgehead atoms. The third-order valence-electron chi connectivity index (χ3n) is 5.07. The predicted octanol–water partition coefficient (Wildman–Crippen LogP) is 3.46. The average Bonchev–Trinajstić information content (AvgIpc) is 3.02. The molecule has 24 heavy (non-hydrogen) atoms. The Morgan fingerprint density at radius 1 is 1.33 bits per heavy atom. The maximum Gasteiger partial charge on any atom is 0.311 e. The van der Waals surface area contributed by atoms with Crippen LogP contribution >= 0.6 is 11.6 Å². The number of carbonyl (C=O) groups excluding carboxylic acids is 1. The summed E-state index contributed by atoms with van der Waals surface area (Å²) in [6.45, 7) is 4.43. The smallest absolute Gasteiger partial charge is 0.311 e. The van der Waals surface area contributed by atoms with Gasteiger partial charge in [-0.1, -0.05) is 25.4 Å². The van der Waals surface area contributed by atoms with Crippen molar-refractivity contribution < 1.29 is 14.7 Å². The lowest BCUT2D eigenvalue weighted by molar-refractivity contribution is -0.150. The quantitative estimate of drug-likeness (QED) is 0.923. The molecule has 0 radical (unpaired) electrons. The van der Waals surface area contributed by atoms with E-state index in [0.717, 1.165) is 5.39 Å². The molecule has 1 aromatic heterocycles. The molecule has 0 spiro atoms. The van der Waals surface area contributed by atoms with Gasteiger partial charge in [0, 0.05) is 24.7 Å². The van der Waals surface area contributed by atoms with Crippen LogP contribution in [0, 0.1) is 11.3 Å². The van der Waals surface area contributed by atoms with Crippen molar-refractivity contribution >= 4 is 34.4 Å². The van der Waals surface area contributed by atoms with Gasteiger partial charge in [0.25, 0.3) is 5.91 Å². The first-order valence-electron chi connectivity index (χ1n) is 7.93. The zero-order valence-electron chi connectivity index (χ0n) is 13.6. The molecule has 1 aliphatic rings. The van der Waals surface area contributed by atoms with Crippen LogP contribution in [0.5, 0.6) is 0 Å². The zero-order valence-corrected chi connectivity index (χ0v) is 14.4. The van der Waals surface area contributed by atoms with E-state index in [9.17, 15) is 14.7 Å². The van der Waals surface area contributed by atoms with Crippen LogP contribution in [0.25, 0.3) is 10.9 Å². The number of carboxylic acids is 1. The number of hydrogen-bond donors (Lipinski definition) is 1. The first-order valence-corrected chi connectivity index (χ1v) is 8.30. The summed E-state index contributed by atoms with van der Waals surface area (Å²) < 4.78 is 0. The Hall–Kier alpha value is -2.14. The second kappa shape index (κ2) is 6.06. The van der Waals surface area contributed by atoms with Gasteiger partial charge < -0.3 is 10.0 Å². The highest BCUT2D eigenvalue weighted by Crippen LogP contribution is 2.39. The van der Waals surface area contributed by atoms with Gasteiger partial charge in [0.15, 0.2) is 0 Å². The number of benzene rings is 1. The summed E-state index contributed by atoms with van der Waals surface area (Å²) in [5, 5.41) is 10.9. The fourth-order valence-electron chi connectivity index (χ4n) is 3.38. The second-order valence-corrected chi connectivity index (χ2v) is 6.99.